The highest BCUT2D eigenvalue weighted by molar-refractivity contribution is 6.09. The minimum absolute atomic E-state index is 0.0503. The first-order valence-electron chi connectivity index (χ1n) is 7.11. The molecule has 112 valence electrons. The summed E-state index contributed by atoms with van der Waals surface area (Å²) in [5.41, 5.74) is 1.43. The maximum atomic E-state index is 12.2. The number of rotatable bonds is 8. The van der Waals surface area contributed by atoms with Crippen LogP contribution in [0.3, 0.4) is 0 Å². The number of carbonyl (C=O) groups excluding carboxylic acids is 2. The number of aliphatic carboxylic acids is 1. The molecule has 0 spiro atoms. The standard InChI is InChI=1S/C17H20O4/c1-3-5-15(18)13-9-7-12(8-10-17(20)21)11-14(13)16(19)6-4-2/h7-11H,3-6H2,1-2H3,(H,20,21)/b10-8+. The average Bonchev–Trinajstić information content (AvgIpc) is 2.45. The Labute approximate surface area is 124 Å². The van der Waals surface area contributed by atoms with Gasteiger partial charge in [-0.25, -0.2) is 4.79 Å². The minimum Gasteiger partial charge on any atom is -0.478 e. The molecule has 0 radical (unpaired) electrons. The van der Waals surface area contributed by atoms with Crippen LogP contribution in [-0.4, -0.2) is 22.6 Å². The topological polar surface area (TPSA) is 71.4 Å². The van der Waals surface area contributed by atoms with Gasteiger partial charge in [0.15, 0.2) is 11.6 Å². The lowest BCUT2D eigenvalue weighted by molar-refractivity contribution is -0.131. The largest absolute Gasteiger partial charge is 0.478 e. The Morgan fingerprint density at radius 1 is 1.00 bits per heavy atom. The predicted octanol–water partition coefficient (Wildman–Crippen LogP) is 3.75. The number of hydrogen-bond acceptors (Lipinski definition) is 3. The highest BCUT2D eigenvalue weighted by Crippen LogP contribution is 2.18. The Kier molecular flexibility index (Phi) is 6.53. The van der Waals surface area contributed by atoms with Crippen molar-refractivity contribution in [2.45, 2.75) is 39.5 Å². The van der Waals surface area contributed by atoms with Crippen LogP contribution in [0.5, 0.6) is 0 Å². The molecule has 4 nitrogen and oxygen atoms in total. The number of ketones is 2. The lowest BCUT2D eigenvalue weighted by Crippen LogP contribution is -2.09. The molecule has 0 aliphatic carbocycles. The van der Waals surface area contributed by atoms with Gasteiger partial charge in [0.2, 0.25) is 0 Å². The van der Waals surface area contributed by atoms with Crippen LogP contribution >= 0.6 is 0 Å². The molecule has 1 rings (SSSR count). The van der Waals surface area contributed by atoms with E-state index in [2.05, 4.69) is 0 Å². The summed E-state index contributed by atoms with van der Waals surface area (Å²) in [6.07, 6.45) is 4.63. The molecule has 0 fully saturated rings. The lowest BCUT2D eigenvalue weighted by atomic mass is 9.94. The maximum Gasteiger partial charge on any atom is 0.328 e. The SMILES string of the molecule is CCCC(=O)c1ccc(/C=C/C(=O)O)cc1C(=O)CCC. The van der Waals surface area contributed by atoms with Crippen LogP contribution in [0, 0.1) is 0 Å². The van der Waals surface area contributed by atoms with E-state index in [1.54, 1.807) is 18.2 Å². The zero-order chi connectivity index (χ0) is 15.8. The van der Waals surface area contributed by atoms with E-state index in [-0.39, 0.29) is 11.6 Å². The zero-order valence-corrected chi connectivity index (χ0v) is 12.4. The van der Waals surface area contributed by atoms with Crippen LogP contribution in [-0.2, 0) is 4.79 Å². The van der Waals surface area contributed by atoms with Crippen LogP contribution in [0.4, 0.5) is 0 Å². The fourth-order valence-corrected chi connectivity index (χ4v) is 2.03. The number of benzene rings is 1. The molecule has 4 heteroatoms. The molecule has 0 aliphatic rings. The number of carboxylic acids is 1. The molecular weight excluding hydrogens is 268 g/mol. The molecule has 0 aliphatic heterocycles. The van der Waals surface area contributed by atoms with E-state index in [9.17, 15) is 14.4 Å². The third-order valence-electron chi connectivity index (χ3n) is 3.02. The first-order valence-corrected chi connectivity index (χ1v) is 7.11. The molecule has 0 saturated carbocycles. The molecule has 1 N–H and O–H groups in total. The van der Waals surface area contributed by atoms with Gasteiger partial charge in [-0.15, -0.1) is 0 Å². The summed E-state index contributed by atoms with van der Waals surface area (Å²) in [5, 5.41) is 8.64. The van der Waals surface area contributed by atoms with Crippen LogP contribution < -0.4 is 0 Å². The van der Waals surface area contributed by atoms with Crippen LogP contribution in [0.1, 0.15) is 65.8 Å². The quantitative estimate of drug-likeness (QED) is 0.584. The van der Waals surface area contributed by atoms with Crippen molar-refractivity contribution in [1.82, 2.24) is 0 Å². The van der Waals surface area contributed by atoms with Gasteiger partial charge >= 0.3 is 5.97 Å². The van der Waals surface area contributed by atoms with Crippen molar-refractivity contribution < 1.29 is 19.5 Å². The van der Waals surface area contributed by atoms with Gasteiger partial charge in [-0.1, -0.05) is 26.0 Å². The lowest BCUT2D eigenvalue weighted by Gasteiger charge is -2.08. The second-order valence-electron chi connectivity index (χ2n) is 4.82. The molecule has 0 bridgehead atoms. The summed E-state index contributed by atoms with van der Waals surface area (Å²) < 4.78 is 0. The summed E-state index contributed by atoms with van der Waals surface area (Å²) in [6.45, 7) is 3.81. The normalized spacial score (nSPS) is 10.8. The third-order valence-corrected chi connectivity index (χ3v) is 3.02. The van der Waals surface area contributed by atoms with E-state index < -0.39 is 5.97 Å². The Balaban J connectivity index is 3.22. The van der Waals surface area contributed by atoms with Crippen molar-refractivity contribution in [3.63, 3.8) is 0 Å². The number of Topliss-reactive ketones (excluding diaryl/α,β-unsaturated/α-hetero) is 2. The highest BCUT2D eigenvalue weighted by Gasteiger charge is 2.16. The summed E-state index contributed by atoms with van der Waals surface area (Å²) >= 11 is 0. The molecular formula is C17H20O4. The van der Waals surface area contributed by atoms with Gasteiger partial charge in [0.25, 0.3) is 0 Å². The van der Waals surface area contributed by atoms with Gasteiger partial charge in [-0.2, -0.15) is 0 Å². The smallest absolute Gasteiger partial charge is 0.328 e. The third kappa shape index (κ3) is 4.99. The van der Waals surface area contributed by atoms with E-state index >= 15 is 0 Å². The molecule has 1 aromatic carbocycles. The van der Waals surface area contributed by atoms with E-state index in [1.807, 2.05) is 13.8 Å². The Morgan fingerprint density at radius 2 is 1.57 bits per heavy atom. The van der Waals surface area contributed by atoms with E-state index in [1.165, 1.54) is 6.08 Å². The van der Waals surface area contributed by atoms with E-state index in [0.717, 1.165) is 12.5 Å². The summed E-state index contributed by atoms with van der Waals surface area (Å²) in [5.74, 6) is -1.18. The van der Waals surface area contributed by atoms with Crippen molar-refractivity contribution >= 4 is 23.6 Å². The van der Waals surface area contributed by atoms with Gasteiger partial charge < -0.3 is 5.11 Å². The van der Waals surface area contributed by atoms with Gasteiger partial charge in [0.1, 0.15) is 0 Å². The molecule has 0 heterocycles. The van der Waals surface area contributed by atoms with E-state index in [4.69, 9.17) is 5.11 Å². The molecule has 0 amide bonds. The summed E-state index contributed by atoms with van der Waals surface area (Å²) in [7, 11) is 0. The van der Waals surface area contributed by atoms with Crippen molar-refractivity contribution in [1.29, 1.82) is 0 Å². The van der Waals surface area contributed by atoms with Crippen molar-refractivity contribution in [2.24, 2.45) is 0 Å². The molecule has 0 unspecified atom stereocenters. The van der Waals surface area contributed by atoms with Crippen LogP contribution in [0.15, 0.2) is 24.3 Å². The monoisotopic (exact) mass is 288 g/mol. The molecule has 0 saturated heterocycles. The first kappa shape index (κ1) is 16.8. The molecule has 21 heavy (non-hydrogen) atoms. The number of carboxylic acid groups (broad SMARTS) is 1. The molecule has 1 aromatic rings. The van der Waals surface area contributed by atoms with Crippen LogP contribution in [0.2, 0.25) is 0 Å². The summed E-state index contributed by atoms with van der Waals surface area (Å²) in [6, 6.07) is 4.87. The predicted molar refractivity (Wildman–Crippen MR) is 81.6 cm³/mol. The van der Waals surface area contributed by atoms with Crippen LogP contribution in [0.25, 0.3) is 6.08 Å². The fraction of sp³-hybridized carbons (Fsp3) is 0.353. The van der Waals surface area contributed by atoms with Crippen molar-refractivity contribution in [3.8, 4) is 0 Å². The number of carbonyl (C=O) groups is 3. The second kappa shape index (κ2) is 8.15. The highest BCUT2D eigenvalue weighted by atomic mass is 16.4. The zero-order valence-electron chi connectivity index (χ0n) is 12.4. The Morgan fingerprint density at radius 3 is 2.10 bits per heavy atom. The fourth-order valence-electron chi connectivity index (χ4n) is 2.03. The van der Waals surface area contributed by atoms with E-state index in [0.29, 0.717) is 36.0 Å². The maximum absolute atomic E-state index is 12.2. The van der Waals surface area contributed by atoms with Crippen molar-refractivity contribution in [3.05, 3.63) is 41.0 Å². The second-order valence-corrected chi connectivity index (χ2v) is 4.82. The Bertz CT molecular complexity index is 570. The summed E-state index contributed by atoms with van der Waals surface area (Å²) in [4.78, 5) is 34.8. The van der Waals surface area contributed by atoms with Crippen molar-refractivity contribution in [2.75, 3.05) is 0 Å². The minimum atomic E-state index is -1.05. The average molecular weight is 288 g/mol. The number of hydrogen-bond donors (Lipinski definition) is 1. The molecule has 0 atom stereocenters. The Hall–Kier alpha value is -2.23. The van der Waals surface area contributed by atoms with Gasteiger partial charge in [0, 0.05) is 30.0 Å². The van der Waals surface area contributed by atoms with Gasteiger partial charge in [-0.3, -0.25) is 9.59 Å². The molecule has 0 aromatic heterocycles. The van der Waals surface area contributed by atoms with Gasteiger partial charge in [0.05, 0.1) is 0 Å². The van der Waals surface area contributed by atoms with Gasteiger partial charge in [-0.05, 0) is 30.5 Å². The first-order chi connectivity index (χ1) is 9.99.